The zero-order valence-corrected chi connectivity index (χ0v) is 13.3. The first-order valence-corrected chi connectivity index (χ1v) is 6.78. The summed E-state index contributed by atoms with van der Waals surface area (Å²) in [6.45, 7) is 3.99. The molecule has 0 unspecified atom stereocenters. The highest BCUT2D eigenvalue weighted by Crippen LogP contribution is 2.22. The highest BCUT2D eigenvalue weighted by Gasteiger charge is 2.07. The zero-order chi connectivity index (χ0) is 14.1. The molecule has 1 aromatic rings. The molecule has 0 atom stereocenters. The first kappa shape index (κ1) is 18.7. The van der Waals surface area contributed by atoms with Crippen LogP contribution in [0.5, 0.6) is 5.75 Å². The van der Waals surface area contributed by atoms with Gasteiger partial charge in [0.2, 0.25) is 5.91 Å². The number of anilines is 1. The van der Waals surface area contributed by atoms with Crippen LogP contribution >= 0.6 is 12.4 Å². The van der Waals surface area contributed by atoms with Crippen LogP contribution in [0.4, 0.5) is 5.69 Å². The molecule has 0 aromatic heterocycles. The Morgan fingerprint density at radius 1 is 1.30 bits per heavy atom. The molecule has 0 heterocycles. The van der Waals surface area contributed by atoms with Gasteiger partial charge in [0.05, 0.1) is 12.8 Å². The van der Waals surface area contributed by atoms with Gasteiger partial charge >= 0.3 is 0 Å². The lowest BCUT2D eigenvalue weighted by molar-refractivity contribution is -0.116. The lowest BCUT2D eigenvalue weighted by atomic mass is 10.2. The van der Waals surface area contributed by atoms with Crippen LogP contribution in [0, 0.1) is 0 Å². The van der Waals surface area contributed by atoms with E-state index >= 15 is 0 Å². The Labute approximate surface area is 127 Å². The number of carbonyl (C=O) groups is 1. The molecule has 0 saturated carbocycles. The van der Waals surface area contributed by atoms with Crippen molar-refractivity contribution in [2.75, 3.05) is 32.6 Å². The van der Waals surface area contributed by atoms with Crippen molar-refractivity contribution in [2.24, 2.45) is 0 Å². The predicted octanol–water partition coefficient (Wildman–Crippen LogP) is 3.18. The Balaban J connectivity index is 0.00000361. The fourth-order valence-electron chi connectivity index (χ4n) is 1.79. The summed E-state index contributed by atoms with van der Waals surface area (Å²) in [5.41, 5.74) is 0.728. The number of methoxy groups -OCH3 is 1. The SMILES string of the molecule is CCCCN(C)CCC(=O)Nc1ccccc1OC.Cl. The predicted molar refractivity (Wildman–Crippen MR) is 85.9 cm³/mol. The Morgan fingerprint density at radius 2 is 2.00 bits per heavy atom. The summed E-state index contributed by atoms with van der Waals surface area (Å²) in [6.07, 6.45) is 2.85. The number of hydrogen-bond acceptors (Lipinski definition) is 3. The van der Waals surface area contributed by atoms with Gasteiger partial charge in [-0.1, -0.05) is 25.5 Å². The fourth-order valence-corrected chi connectivity index (χ4v) is 1.79. The number of benzene rings is 1. The van der Waals surface area contributed by atoms with Gasteiger partial charge in [-0.2, -0.15) is 0 Å². The van der Waals surface area contributed by atoms with E-state index in [1.54, 1.807) is 7.11 Å². The Hall–Kier alpha value is -1.26. The molecule has 114 valence electrons. The molecule has 20 heavy (non-hydrogen) atoms. The van der Waals surface area contributed by atoms with Crippen LogP contribution < -0.4 is 10.1 Å². The standard InChI is InChI=1S/C15H24N2O2.ClH/c1-4-5-11-17(2)12-10-15(18)16-13-8-6-7-9-14(13)19-3;/h6-9H,4-5,10-12H2,1-3H3,(H,16,18);1H. The Bertz CT molecular complexity index is 399. The van der Waals surface area contributed by atoms with Gasteiger partial charge in [0, 0.05) is 13.0 Å². The number of carbonyl (C=O) groups excluding carboxylic acids is 1. The molecule has 1 aromatic carbocycles. The molecule has 0 aliphatic carbocycles. The summed E-state index contributed by atoms with van der Waals surface area (Å²) in [7, 11) is 3.65. The maximum atomic E-state index is 11.9. The number of ether oxygens (including phenoxy) is 1. The quantitative estimate of drug-likeness (QED) is 0.802. The number of unbranched alkanes of at least 4 members (excludes halogenated alkanes) is 1. The number of hydrogen-bond donors (Lipinski definition) is 1. The molecule has 0 aliphatic heterocycles. The second kappa shape index (κ2) is 10.5. The number of halogens is 1. The van der Waals surface area contributed by atoms with E-state index in [0.29, 0.717) is 12.2 Å². The first-order valence-electron chi connectivity index (χ1n) is 6.78. The van der Waals surface area contributed by atoms with Crippen LogP contribution in [0.3, 0.4) is 0 Å². The summed E-state index contributed by atoms with van der Waals surface area (Å²) >= 11 is 0. The highest BCUT2D eigenvalue weighted by atomic mass is 35.5. The van der Waals surface area contributed by atoms with Crippen molar-refractivity contribution in [3.63, 3.8) is 0 Å². The third-order valence-corrected chi connectivity index (χ3v) is 3.00. The fraction of sp³-hybridized carbons (Fsp3) is 0.533. The van der Waals surface area contributed by atoms with Crippen LogP contribution in [0.2, 0.25) is 0 Å². The lowest BCUT2D eigenvalue weighted by Crippen LogP contribution is -2.25. The Kier molecular flexibility index (Phi) is 9.86. The molecule has 4 nitrogen and oxygen atoms in total. The molecular weight excluding hydrogens is 276 g/mol. The Morgan fingerprint density at radius 3 is 2.65 bits per heavy atom. The van der Waals surface area contributed by atoms with E-state index in [0.717, 1.165) is 18.8 Å². The van der Waals surface area contributed by atoms with Crippen molar-refractivity contribution in [2.45, 2.75) is 26.2 Å². The molecule has 0 fully saturated rings. The monoisotopic (exact) mass is 300 g/mol. The summed E-state index contributed by atoms with van der Waals surface area (Å²) < 4.78 is 5.20. The number of rotatable bonds is 8. The number of amides is 1. The highest BCUT2D eigenvalue weighted by molar-refractivity contribution is 5.92. The maximum Gasteiger partial charge on any atom is 0.225 e. The van der Waals surface area contributed by atoms with Crippen LogP contribution in [0.25, 0.3) is 0 Å². The molecule has 1 N–H and O–H groups in total. The average Bonchev–Trinajstić information content (AvgIpc) is 2.43. The maximum absolute atomic E-state index is 11.9. The minimum absolute atomic E-state index is 0. The third-order valence-electron chi connectivity index (χ3n) is 3.00. The average molecular weight is 301 g/mol. The normalized spacial score (nSPS) is 10.0. The van der Waals surface area contributed by atoms with Gasteiger partial charge in [0.25, 0.3) is 0 Å². The molecule has 0 bridgehead atoms. The number of para-hydroxylation sites is 2. The summed E-state index contributed by atoms with van der Waals surface area (Å²) in [5, 5.41) is 2.88. The van der Waals surface area contributed by atoms with Gasteiger partial charge < -0.3 is 15.0 Å². The second-order valence-corrected chi connectivity index (χ2v) is 4.66. The zero-order valence-electron chi connectivity index (χ0n) is 12.5. The molecule has 1 rings (SSSR count). The smallest absolute Gasteiger partial charge is 0.225 e. The molecule has 0 saturated heterocycles. The first-order chi connectivity index (χ1) is 9.17. The number of nitrogens with one attached hydrogen (secondary N) is 1. The van der Waals surface area contributed by atoms with Crippen LogP contribution in [0.15, 0.2) is 24.3 Å². The van der Waals surface area contributed by atoms with Crippen LogP contribution in [-0.2, 0) is 4.79 Å². The minimum atomic E-state index is 0. The summed E-state index contributed by atoms with van der Waals surface area (Å²) in [6, 6.07) is 7.44. The summed E-state index contributed by atoms with van der Waals surface area (Å²) in [4.78, 5) is 14.1. The van der Waals surface area contributed by atoms with E-state index in [9.17, 15) is 4.79 Å². The molecule has 5 heteroatoms. The van der Waals surface area contributed by atoms with E-state index in [4.69, 9.17) is 4.74 Å². The van der Waals surface area contributed by atoms with Crippen molar-refractivity contribution in [1.82, 2.24) is 4.90 Å². The van der Waals surface area contributed by atoms with E-state index in [1.807, 2.05) is 31.3 Å². The molecule has 0 aliphatic rings. The van der Waals surface area contributed by atoms with Crippen LogP contribution in [0.1, 0.15) is 26.2 Å². The second-order valence-electron chi connectivity index (χ2n) is 4.66. The molecular formula is C15H25ClN2O2. The van der Waals surface area contributed by atoms with E-state index in [1.165, 1.54) is 12.8 Å². The van der Waals surface area contributed by atoms with Crippen molar-refractivity contribution in [1.29, 1.82) is 0 Å². The molecule has 1 amide bonds. The van der Waals surface area contributed by atoms with E-state index in [2.05, 4.69) is 17.1 Å². The van der Waals surface area contributed by atoms with Crippen molar-refractivity contribution >= 4 is 24.0 Å². The van der Waals surface area contributed by atoms with Gasteiger partial charge in [0.15, 0.2) is 0 Å². The van der Waals surface area contributed by atoms with Gasteiger partial charge in [-0.15, -0.1) is 12.4 Å². The van der Waals surface area contributed by atoms with Gasteiger partial charge in [-0.05, 0) is 32.1 Å². The van der Waals surface area contributed by atoms with Gasteiger partial charge in [-0.25, -0.2) is 0 Å². The third kappa shape index (κ3) is 6.78. The van der Waals surface area contributed by atoms with Crippen molar-refractivity contribution in [3.8, 4) is 5.75 Å². The molecule has 0 radical (unpaired) electrons. The van der Waals surface area contributed by atoms with Gasteiger partial charge in [-0.3, -0.25) is 4.79 Å². The lowest BCUT2D eigenvalue weighted by Gasteiger charge is -2.16. The van der Waals surface area contributed by atoms with E-state index < -0.39 is 0 Å². The summed E-state index contributed by atoms with van der Waals surface area (Å²) in [5.74, 6) is 0.711. The largest absolute Gasteiger partial charge is 0.495 e. The number of nitrogens with zero attached hydrogens (tertiary/aromatic N) is 1. The molecule has 0 spiro atoms. The minimum Gasteiger partial charge on any atom is -0.495 e. The van der Waals surface area contributed by atoms with E-state index in [-0.39, 0.29) is 18.3 Å². The topological polar surface area (TPSA) is 41.6 Å². The van der Waals surface area contributed by atoms with Crippen molar-refractivity contribution in [3.05, 3.63) is 24.3 Å². The van der Waals surface area contributed by atoms with Gasteiger partial charge in [0.1, 0.15) is 5.75 Å². The van der Waals surface area contributed by atoms with Crippen molar-refractivity contribution < 1.29 is 9.53 Å². The van der Waals surface area contributed by atoms with Crippen LogP contribution in [-0.4, -0.2) is 38.1 Å².